The van der Waals surface area contributed by atoms with E-state index in [0.717, 1.165) is 6.26 Å². The summed E-state index contributed by atoms with van der Waals surface area (Å²) in [4.78, 5) is 23.1. The van der Waals surface area contributed by atoms with Gasteiger partial charge in [-0.15, -0.1) is 0 Å². The van der Waals surface area contributed by atoms with Crippen LogP contribution in [0.25, 0.3) is 0 Å². The first-order valence-electron chi connectivity index (χ1n) is 4.76. The van der Waals surface area contributed by atoms with E-state index in [1.54, 1.807) is 0 Å². The second kappa shape index (κ2) is 6.09. The quantitative estimate of drug-likeness (QED) is 0.627. The molecule has 0 bridgehead atoms. The minimum Gasteiger partial charge on any atom is -0.508 e. The van der Waals surface area contributed by atoms with E-state index in [-0.39, 0.29) is 17.4 Å². The second-order valence-electron chi connectivity index (χ2n) is 2.97. The molecule has 0 aromatic heterocycles. The van der Waals surface area contributed by atoms with Crippen LogP contribution in [0.5, 0.6) is 0 Å². The van der Waals surface area contributed by atoms with Crippen LogP contribution in [0.3, 0.4) is 0 Å². The van der Waals surface area contributed by atoms with Crippen LogP contribution < -0.4 is 0 Å². The first kappa shape index (κ1) is 13.3. The first-order chi connectivity index (χ1) is 8.60. The van der Waals surface area contributed by atoms with Crippen molar-refractivity contribution in [1.29, 1.82) is 0 Å². The number of aliphatic hydroxyl groups excluding tert-OH is 2. The number of aliphatic hydroxyl groups is 2. The van der Waals surface area contributed by atoms with Crippen molar-refractivity contribution in [2.45, 2.75) is 0 Å². The lowest BCUT2D eigenvalue weighted by Crippen LogP contribution is -2.12. The highest BCUT2D eigenvalue weighted by Crippen LogP contribution is 2.13. The summed E-state index contributed by atoms with van der Waals surface area (Å²) in [6, 6.07) is 5.69. The molecule has 6 heteroatoms. The van der Waals surface area contributed by atoms with Crippen molar-refractivity contribution in [3.8, 4) is 0 Å². The molecule has 0 spiro atoms. The van der Waals surface area contributed by atoms with E-state index < -0.39 is 17.9 Å². The van der Waals surface area contributed by atoms with E-state index in [4.69, 9.17) is 10.2 Å². The van der Waals surface area contributed by atoms with Crippen molar-refractivity contribution < 1.29 is 29.3 Å². The number of hydrogen-bond acceptors (Lipinski definition) is 6. The summed E-state index contributed by atoms with van der Waals surface area (Å²) in [6.45, 7) is 3.22. The molecule has 0 aliphatic carbocycles. The van der Waals surface area contributed by atoms with Crippen molar-refractivity contribution in [3.63, 3.8) is 0 Å². The summed E-state index contributed by atoms with van der Waals surface area (Å²) >= 11 is 0. The maximum Gasteiger partial charge on any atom is 0.346 e. The third-order valence-electron chi connectivity index (χ3n) is 1.86. The van der Waals surface area contributed by atoms with Gasteiger partial charge in [-0.05, 0) is 12.1 Å². The Kier molecular flexibility index (Phi) is 4.50. The standard InChI is InChI=1S/C12H10O6/c1-2-17-11(15)8-5-3-4-6-9(8)12(16)18-10(14)7-13/h2-7,13-14H,1H2. The Bertz CT molecular complexity index is 503. The maximum atomic E-state index is 11.6. The van der Waals surface area contributed by atoms with E-state index in [1.807, 2.05) is 0 Å². The van der Waals surface area contributed by atoms with Gasteiger partial charge in [0.2, 0.25) is 0 Å². The predicted molar refractivity (Wildman–Crippen MR) is 60.8 cm³/mol. The smallest absolute Gasteiger partial charge is 0.346 e. The molecule has 0 fully saturated rings. The number of ether oxygens (including phenoxy) is 2. The zero-order valence-electron chi connectivity index (χ0n) is 9.20. The van der Waals surface area contributed by atoms with Crippen LogP contribution in [0.2, 0.25) is 0 Å². The molecule has 0 saturated heterocycles. The summed E-state index contributed by atoms with van der Waals surface area (Å²) in [5, 5.41) is 17.3. The van der Waals surface area contributed by atoms with Crippen LogP contribution in [0.4, 0.5) is 0 Å². The van der Waals surface area contributed by atoms with Crippen molar-refractivity contribution in [1.82, 2.24) is 0 Å². The zero-order chi connectivity index (χ0) is 13.5. The van der Waals surface area contributed by atoms with E-state index in [0.29, 0.717) is 0 Å². The number of carbonyl (C=O) groups excluding carboxylic acids is 2. The molecule has 0 aliphatic heterocycles. The van der Waals surface area contributed by atoms with Gasteiger partial charge in [0.15, 0.2) is 6.26 Å². The summed E-state index contributed by atoms with van der Waals surface area (Å²) in [7, 11) is 0. The summed E-state index contributed by atoms with van der Waals surface area (Å²) < 4.78 is 8.89. The Morgan fingerprint density at radius 3 is 2.22 bits per heavy atom. The SMILES string of the molecule is C=COC(=O)c1ccccc1C(=O)OC(O)=CO. The van der Waals surface area contributed by atoms with Crippen LogP contribution in [-0.4, -0.2) is 22.2 Å². The molecule has 0 amide bonds. The molecular weight excluding hydrogens is 240 g/mol. The maximum absolute atomic E-state index is 11.6. The minimum absolute atomic E-state index is 0.0480. The number of hydrogen-bond donors (Lipinski definition) is 2. The Balaban J connectivity index is 3.05. The predicted octanol–water partition coefficient (Wildman–Crippen LogP) is 2.06. The molecule has 0 aliphatic rings. The number of carbonyl (C=O) groups is 2. The lowest BCUT2D eigenvalue weighted by atomic mass is 10.1. The highest BCUT2D eigenvalue weighted by Gasteiger charge is 2.19. The van der Waals surface area contributed by atoms with Gasteiger partial charge in [0.25, 0.3) is 0 Å². The topological polar surface area (TPSA) is 93.1 Å². The molecule has 0 atom stereocenters. The lowest BCUT2D eigenvalue weighted by molar-refractivity contribution is 0.0411. The Labute approximate surface area is 102 Å². The highest BCUT2D eigenvalue weighted by atomic mass is 16.6. The number of esters is 2. The molecule has 0 saturated carbocycles. The fourth-order valence-corrected chi connectivity index (χ4v) is 1.15. The van der Waals surface area contributed by atoms with Crippen LogP contribution in [0, 0.1) is 0 Å². The zero-order valence-corrected chi connectivity index (χ0v) is 9.20. The van der Waals surface area contributed by atoms with Crippen molar-refractivity contribution >= 4 is 11.9 Å². The Morgan fingerprint density at radius 1 is 1.17 bits per heavy atom. The van der Waals surface area contributed by atoms with Gasteiger partial charge in [0.05, 0.1) is 17.4 Å². The van der Waals surface area contributed by atoms with Crippen LogP contribution in [-0.2, 0) is 9.47 Å². The van der Waals surface area contributed by atoms with Crippen LogP contribution in [0.1, 0.15) is 20.7 Å². The molecule has 1 aromatic rings. The third-order valence-corrected chi connectivity index (χ3v) is 1.86. The van der Waals surface area contributed by atoms with E-state index in [9.17, 15) is 9.59 Å². The van der Waals surface area contributed by atoms with Crippen LogP contribution >= 0.6 is 0 Å². The number of benzene rings is 1. The van der Waals surface area contributed by atoms with Gasteiger partial charge in [0, 0.05) is 0 Å². The molecule has 0 unspecified atom stereocenters. The monoisotopic (exact) mass is 250 g/mol. The Morgan fingerprint density at radius 2 is 1.72 bits per heavy atom. The van der Waals surface area contributed by atoms with Gasteiger partial charge >= 0.3 is 17.9 Å². The van der Waals surface area contributed by atoms with E-state index >= 15 is 0 Å². The van der Waals surface area contributed by atoms with Gasteiger partial charge in [-0.3, -0.25) is 0 Å². The molecule has 0 heterocycles. The van der Waals surface area contributed by atoms with Gasteiger partial charge in [-0.2, -0.15) is 0 Å². The molecule has 2 N–H and O–H groups in total. The fourth-order valence-electron chi connectivity index (χ4n) is 1.15. The van der Waals surface area contributed by atoms with Gasteiger partial charge in [0.1, 0.15) is 0 Å². The summed E-state index contributed by atoms with van der Waals surface area (Å²) in [5.41, 5.74) is -0.161. The molecule has 94 valence electrons. The molecular formula is C12H10O6. The minimum atomic E-state index is -1.01. The average Bonchev–Trinajstić information content (AvgIpc) is 2.38. The fraction of sp³-hybridized carbons (Fsp3) is 0. The van der Waals surface area contributed by atoms with Gasteiger partial charge < -0.3 is 19.7 Å². The summed E-state index contributed by atoms with van der Waals surface area (Å²) in [6.07, 6.45) is 1.14. The van der Waals surface area contributed by atoms with Crippen molar-refractivity contribution in [2.75, 3.05) is 0 Å². The average molecular weight is 250 g/mol. The van der Waals surface area contributed by atoms with E-state index in [1.165, 1.54) is 24.3 Å². The molecule has 0 radical (unpaired) electrons. The normalized spacial score (nSPS) is 10.6. The number of rotatable bonds is 4. The third kappa shape index (κ3) is 3.11. The van der Waals surface area contributed by atoms with Crippen molar-refractivity contribution in [3.05, 3.63) is 60.4 Å². The Hall–Kier alpha value is -2.76. The highest BCUT2D eigenvalue weighted by molar-refractivity contribution is 6.03. The molecule has 1 rings (SSSR count). The molecule has 6 nitrogen and oxygen atoms in total. The van der Waals surface area contributed by atoms with Gasteiger partial charge in [-0.25, -0.2) is 9.59 Å². The molecule has 18 heavy (non-hydrogen) atoms. The second-order valence-corrected chi connectivity index (χ2v) is 2.97. The lowest BCUT2D eigenvalue weighted by Gasteiger charge is -2.06. The van der Waals surface area contributed by atoms with Gasteiger partial charge in [-0.1, -0.05) is 18.7 Å². The first-order valence-corrected chi connectivity index (χ1v) is 4.76. The summed E-state index contributed by atoms with van der Waals surface area (Å²) in [5.74, 6) is -2.77. The van der Waals surface area contributed by atoms with Crippen molar-refractivity contribution in [2.24, 2.45) is 0 Å². The largest absolute Gasteiger partial charge is 0.508 e. The molecule has 1 aromatic carbocycles. The van der Waals surface area contributed by atoms with E-state index in [2.05, 4.69) is 16.1 Å². The van der Waals surface area contributed by atoms with Crippen LogP contribution in [0.15, 0.2) is 49.3 Å².